The molecule has 0 radical (unpaired) electrons. The molecule has 1 rings (SSSR count). The molecule has 0 spiro atoms. The first-order chi connectivity index (χ1) is 9.45. The van der Waals surface area contributed by atoms with Gasteiger partial charge in [-0.2, -0.15) is 0 Å². The van der Waals surface area contributed by atoms with Crippen LogP contribution in [-0.4, -0.2) is 11.9 Å². The van der Waals surface area contributed by atoms with Gasteiger partial charge in [0.05, 0.1) is 6.10 Å². The van der Waals surface area contributed by atoms with Gasteiger partial charge in [0.2, 0.25) is 0 Å². The number of benzene rings is 1. The Labute approximate surface area is 122 Å². The molecule has 0 aliphatic carbocycles. The Morgan fingerprint density at radius 3 is 2.50 bits per heavy atom. The Hall–Kier alpha value is -1.19. The zero-order chi connectivity index (χ0) is 15.0. The van der Waals surface area contributed by atoms with E-state index in [-0.39, 0.29) is 11.9 Å². The van der Waals surface area contributed by atoms with Crippen LogP contribution in [0.25, 0.3) is 0 Å². The van der Waals surface area contributed by atoms with Crippen LogP contribution in [0.3, 0.4) is 0 Å². The van der Waals surface area contributed by atoms with Crippen LogP contribution in [0, 0.1) is 0 Å². The van der Waals surface area contributed by atoms with Crippen molar-refractivity contribution >= 4 is 5.78 Å². The smallest absolute Gasteiger partial charge is 0.135 e. The molecule has 0 bridgehead atoms. The number of ketones is 1. The van der Waals surface area contributed by atoms with E-state index in [2.05, 4.69) is 6.92 Å². The average Bonchev–Trinajstić information content (AvgIpc) is 2.44. The molecule has 0 unspecified atom stereocenters. The second kappa shape index (κ2) is 8.18. The topological polar surface area (TPSA) is 35.5 Å². The highest BCUT2D eigenvalue weighted by Gasteiger charge is 2.24. The molecular formula is C17H26O3. The normalized spacial score (nSPS) is 13.2. The van der Waals surface area contributed by atoms with E-state index >= 15 is 0 Å². The standard InChI is InChI=1S/C17H26O3/c1-5-6-12-16(18)13-14(2)19-20-17(3,4)15-10-8-7-9-11-15/h7-11,14H,5-6,12-13H2,1-4H3/t14-/m1/s1. The molecule has 0 saturated heterocycles. The molecule has 1 aromatic rings. The second-order valence-electron chi connectivity index (χ2n) is 5.71. The van der Waals surface area contributed by atoms with Crippen LogP contribution in [0.1, 0.15) is 58.9 Å². The summed E-state index contributed by atoms with van der Waals surface area (Å²) in [6.07, 6.45) is 2.81. The summed E-state index contributed by atoms with van der Waals surface area (Å²) in [4.78, 5) is 22.6. The quantitative estimate of drug-likeness (QED) is 0.496. The molecule has 0 amide bonds. The Morgan fingerprint density at radius 2 is 1.90 bits per heavy atom. The van der Waals surface area contributed by atoms with E-state index < -0.39 is 5.60 Å². The van der Waals surface area contributed by atoms with E-state index in [1.165, 1.54) is 0 Å². The highest BCUT2D eigenvalue weighted by atomic mass is 17.2. The largest absolute Gasteiger partial charge is 0.300 e. The Morgan fingerprint density at radius 1 is 1.25 bits per heavy atom. The molecule has 1 aromatic carbocycles. The van der Waals surface area contributed by atoms with Crippen LogP contribution in [0.5, 0.6) is 0 Å². The van der Waals surface area contributed by atoms with Crippen molar-refractivity contribution in [3.8, 4) is 0 Å². The molecule has 1 atom stereocenters. The Balaban J connectivity index is 2.40. The Kier molecular flexibility index (Phi) is 6.89. The van der Waals surface area contributed by atoms with Gasteiger partial charge in [0, 0.05) is 12.8 Å². The predicted octanol–water partition coefficient (Wildman–Crippen LogP) is 4.41. The lowest BCUT2D eigenvalue weighted by molar-refractivity contribution is -0.378. The first-order valence-corrected chi connectivity index (χ1v) is 7.37. The molecule has 0 saturated carbocycles. The van der Waals surface area contributed by atoms with Crippen LogP contribution < -0.4 is 0 Å². The van der Waals surface area contributed by atoms with Gasteiger partial charge >= 0.3 is 0 Å². The Bertz CT molecular complexity index is 398. The van der Waals surface area contributed by atoms with E-state index in [9.17, 15) is 4.79 Å². The van der Waals surface area contributed by atoms with E-state index in [1.807, 2.05) is 51.1 Å². The maximum Gasteiger partial charge on any atom is 0.135 e. The molecule has 0 heterocycles. The lowest BCUT2D eigenvalue weighted by Gasteiger charge is -2.26. The summed E-state index contributed by atoms with van der Waals surface area (Å²) in [6, 6.07) is 9.91. The second-order valence-corrected chi connectivity index (χ2v) is 5.71. The lowest BCUT2D eigenvalue weighted by atomic mass is 9.99. The minimum Gasteiger partial charge on any atom is -0.300 e. The minimum absolute atomic E-state index is 0.220. The number of hydrogen-bond donors (Lipinski definition) is 0. The van der Waals surface area contributed by atoms with Gasteiger partial charge in [0.25, 0.3) is 0 Å². The van der Waals surface area contributed by atoms with Crippen molar-refractivity contribution in [3.63, 3.8) is 0 Å². The number of hydrogen-bond acceptors (Lipinski definition) is 3. The average molecular weight is 278 g/mol. The van der Waals surface area contributed by atoms with Gasteiger partial charge in [-0.25, -0.2) is 9.78 Å². The number of carbonyl (C=O) groups is 1. The molecule has 3 nitrogen and oxygen atoms in total. The van der Waals surface area contributed by atoms with Gasteiger partial charge in [-0.1, -0.05) is 43.7 Å². The fourth-order valence-corrected chi connectivity index (χ4v) is 1.92. The van der Waals surface area contributed by atoms with Crippen molar-refractivity contribution in [2.45, 2.75) is 65.1 Å². The summed E-state index contributed by atoms with van der Waals surface area (Å²) in [5.74, 6) is 0.237. The molecular weight excluding hydrogens is 252 g/mol. The van der Waals surface area contributed by atoms with Crippen molar-refractivity contribution in [2.75, 3.05) is 0 Å². The van der Waals surface area contributed by atoms with E-state index in [0.717, 1.165) is 18.4 Å². The van der Waals surface area contributed by atoms with Crippen LogP contribution in [-0.2, 0) is 20.2 Å². The predicted molar refractivity (Wildman–Crippen MR) is 80.2 cm³/mol. The summed E-state index contributed by atoms with van der Waals surface area (Å²) in [7, 11) is 0. The van der Waals surface area contributed by atoms with Crippen LogP contribution >= 0.6 is 0 Å². The number of unbranched alkanes of at least 4 members (excludes halogenated alkanes) is 1. The van der Waals surface area contributed by atoms with Crippen molar-refractivity contribution in [1.29, 1.82) is 0 Å². The molecule has 0 aliphatic heterocycles. The monoisotopic (exact) mass is 278 g/mol. The molecule has 0 fully saturated rings. The summed E-state index contributed by atoms with van der Waals surface area (Å²) in [5.41, 5.74) is 0.520. The molecule has 0 aliphatic rings. The summed E-state index contributed by atoms with van der Waals surface area (Å²) in [6.45, 7) is 7.85. The third-order valence-electron chi connectivity index (χ3n) is 3.21. The third kappa shape index (κ3) is 5.85. The van der Waals surface area contributed by atoms with E-state index in [4.69, 9.17) is 9.78 Å². The number of Topliss-reactive ketones (excluding diaryl/α,β-unsaturated/α-hetero) is 1. The highest BCUT2D eigenvalue weighted by molar-refractivity contribution is 5.78. The number of carbonyl (C=O) groups excluding carboxylic acids is 1. The third-order valence-corrected chi connectivity index (χ3v) is 3.21. The molecule has 0 N–H and O–H groups in total. The van der Waals surface area contributed by atoms with Crippen molar-refractivity contribution < 1.29 is 14.6 Å². The summed E-state index contributed by atoms with van der Waals surface area (Å²) in [5, 5.41) is 0. The van der Waals surface area contributed by atoms with Gasteiger partial charge in [0.1, 0.15) is 11.4 Å². The van der Waals surface area contributed by atoms with Gasteiger partial charge in [0.15, 0.2) is 0 Å². The zero-order valence-electron chi connectivity index (χ0n) is 13.0. The van der Waals surface area contributed by atoms with E-state index in [0.29, 0.717) is 12.8 Å². The fourth-order valence-electron chi connectivity index (χ4n) is 1.92. The van der Waals surface area contributed by atoms with Gasteiger partial charge in [-0.05, 0) is 32.8 Å². The van der Waals surface area contributed by atoms with Gasteiger partial charge in [-0.3, -0.25) is 4.79 Å². The molecule has 0 aromatic heterocycles. The first kappa shape index (κ1) is 16.9. The van der Waals surface area contributed by atoms with Gasteiger partial charge in [-0.15, -0.1) is 0 Å². The maximum atomic E-state index is 11.7. The molecule has 3 heteroatoms. The van der Waals surface area contributed by atoms with Crippen molar-refractivity contribution in [1.82, 2.24) is 0 Å². The highest BCUT2D eigenvalue weighted by Crippen LogP contribution is 2.25. The zero-order valence-corrected chi connectivity index (χ0v) is 13.0. The molecule has 112 valence electrons. The summed E-state index contributed by atoms with van der Waals surface area (Å²) >= 11 is 0. The van der Waals surface area contributed by atoms with E-state index in [1.54, 1.807) is 0 Å². The summed E-state index contributed by atoms with van der Waals surface area (Å²) < 4.78 is 0. The molecule has 20 heavy (non-hydrogen) atoms. The van der Waals surface area contributed by atoms with Crippen LogP contribution in [0.2, 0.25) is 0 Å². The van der Waals surface area contributed by atoms with Crippen molar-refractivity contribution in [2.24, 2.45) is 0 Å². The lowest BCUT2D eigenvalue weighted by Crippen LogP contribution is -2.25. The number of rotatable bonds is 9. The van der Waals surface area contributed by atoms with Crippen molar-refractivity contribution in [3.05, 3.63) is 35.9 Å². The maximum absolute atomic E-state index is 11.7. The van der Waals surface area contributed by atoms with Gasteiger partial charge < -0.3 is 0 Å². The van der Waals surface area contributed by atoms with Crippen LogP contribution in [0.4, 0.5) is 0 Å². The minimum atomic E-state index is -0.526. The fraction of sp³-hybridized carbons (Fsp3) is 0.588. The SMILES string of the molecule is CCCCC(=O)C[C@@H](C)OOC(C)(C)c1ccccc1. The van der Waals surface area contributed by atoms with Crippen LogP contribution in [0.15, 0.2) is 30.3 Å². The first-order valence-electron chi connectivity index (χ1n) is 7.37.